The van der Waals surface area contributed by atoms with E-state index in [0.717, 1.165) is 19.5 Å². The lowest BCUT2D eigenvalue weighted by Crippen LogP contribution is -2.49. The normalized spacial score (nSPS) is 32.5. The van der Waals surface area contributed by atoms with Gasteiger partial charge in [0.15, 0.2) is 0 Å². The molecule has 1 heterocycles. The predicted molar refractivity (Wildman–Crippen MR) is 49.8 cm³/mol. The summed E-state index contributed by atoms with van der Waals surface area (Å²) < 4.78 is 0. The minimum absolute atomic E-state index is 0.0988. The zero-order valence-corrected chi connectivity index (χ0v) is 7.98. The molecule has 0 aromatic heterocycles. The molecule has 1 fully saturated rings. The molecule has 0 amide bonds. The van der Waals surface area contributed by atoms with Gasteiger partial charge >= 0.3 is 0 Å². The predicted octanol–water partition coefficient (Wildman–Crippen LogP) is -0.460. The van der Waals surface area contributed by atoms with Gasteiger partial charge in [0.2, 0.25) is 0 Å². The summed E-state index contributed by atoms with van der Waals surface area (Å²) in [5, 5.41) is 18.0. The van der Waals surface area contributed by atoms with E-state index in [1.807, 2.05) is 4.90 Å². The summed E-state index contributed by atoms with van der Waals surface area (Å²) in [6.07, 6.45) is 0.534. The molecule has 3 atom stereocenters. The number of likely N-dealkylation sites (tertiary alicyclic amines) is 1. The van der Waals surface area contributed by atoms with Crippen molar-refractivity contribution in [3.63, 3.8) is 0 Å². The molecule has 0 aliphatic carbocycles. The molecule has 3 N–H and O–H groups in total. The van der Waals surface area contributed by atoms with E-state index < -0.39 is 0 Å². The largest absolute Gasteiger partial charge is 0.393 e. The Morgan fingerprint density at radius 1 is 1.69 bits per heavy atom. The van der Waals surface area contributed by atoms with Crippen molar-refractivity contribution in [3.8, 4) is 6.07 Å². The minimum Gasteiger partial charge on any atom is -0.393 e. The standard InChI is InChI=1S/C9H17N3O/c1-7(13)8-4-9(11)6-12(5-8)3-2-10/h7-9,13H,3-6,11H2,1H3. The molecule has 3 unspecified atom stereocenters. The second-order valence-electron chi connectivity index (χ2n) is 3.85. The summed E-state index contributed by atoms with van der Waals surface area (Å²) in [7, 11) is 0. The van der Waals surface area contributed by atoms with E-state index in [0.29, 0.717) is 6.54 Å². The molecule has 0 aromatic rings. The zero-order chi connectivity index (χ0) is 9.84. The van der Waals surface area contributed by atoms with Crippen LogP contribution in [0.15, 0.2) is 0 Å². The SMILES string of the molecule is CC(O)C1CC(N)CN(CC#N)C1. The monoisotopic (exact) mass is 183 g/mol. The summed E-state index contributed by atoms with van der Waals surface area (Å²) in [4.78, 5) is 2.01. The van der Waals surface area contributed by atoms with Gasteiger partial charge in [0, 0.05) is 19.1 Å². The van der Waals surface area contributed by atoms with Gasteiger partial charge in [-0.05, 0) is 19.3 Å². The Kier molecular flexibility index (Phi) is 3.67. The van der Waals surface area contributed by atoms with Gasteiger partial charge in [-0.1, -0.05) is 0 Å². The van der Waals surface area contributed by atoms with Crippen LogP contribution in [0.3, 0.4) is 0 Å². The molecule has 1 aliphatic rings. The molecular weight excluding hydrogens is 166 g/mol. The lowest BCUT2D eigenvalue weighted by Gasteiger charge is -2.36. The molecule has 1 saturated heterocycles. The molecule has 4 heteroatoms. The maximum absolute atomic E-state index is 9.42. The smallest absolute Gasteiger partial charge is 0.0866 e. The van der Waals surface area contributed by atoms with Gasteiger partial charge in [0.05, 0.1) is 18.7 Å². The lowest BCUT2D eigenvalue weighted by molar-refractivity contribution is 0.0600. The summed E-state index contributed by atoms with van der Waals surface area (Å²) >= 11 is 0. The first-order chi connectivity index (χ1) is 6.13. The van der Waals surface area contributed by atoms with Crippen LogP contribution in [0.1, 0.15) is 13.3 Å². The average molecular weight is 183 g/mol. The average Bonchev–Trinajstić information content (AvgIpc) is 2.03. The van der Waals surface area contributed by atoms with Gasteiger partial charge in [0.1, 0.15) is 0 Å². The fraction of sp³-hybridized carbons (Fsp3) is 0.889. The number of nitrogens with two attached hydrogens (primary N) is 1. The van der Waals surface area contributed by atoms with Crippen LogP contribution in [0, 0.1) is 17.2 Å². The van der Waals surface area contributed by atoms with Crippen LogP contribution in [-0.2, 0) is 0 Å². The third-order valence-corrected chi connectivity index (χ3v) is 2.57. The molecule has 74 valence electrons. The number of aliphatic hydroxyl groups is 1. The van der Waals surface area contributed by atoms with E-state index in [4.69, 9.17) is 11.0 Å². The number of aliphatic hydroxyl groups excluding tert-OH is 1. The summed E-state index contributed by atoms with van der Waals surface area (Å²) in [6.45, 7) is 3.76. The summed E-state index contributed by atoms with van der Waals surface area (Å²) in [5.74, 6) is 0.220. The van der Waals surface area contributed by atoms with E-state index in [9.17, 15) is 5.11 Å². The topological polar surface area (TPSA) is 73.3 Å². The molecule has 13 heavy (non-hydrogen) atoms. The third kappa shape index (κ3) is 2.96. The Morgan fingerprint density at radius 3 is 2.92 bits per heavy atom. The fourth-order valence-electron chi connectivity index (χ4n) is 1.85. The van der Waals surface area contributed by atoms with Crippen molar-refractivity contribution in [2.24, 2.45) is 11.7 Å². The zero-order valence-electron chi connectivity index (χ0n) is 7.98. The second kappa shape index (κ2) is 4.56. The highest BCUT2D eigenvalue weighted by Gasteiger charge is 2.27. The summed E-state index contributed by atoms with van der Waals surface area (Å²) in [6, 6.07) is 2.20. The number of rotatable bonds is 2. The highest BCUT2D eigenvalue weighted by Crippen LogP contribution is 2.18. The number of nitrogens with zero attached hydrogens (tertiary/aromatic N) is 2. The molecule has 0 saturated carbocycles. The molecule has 1 aliphatic heterocycles. The maximum atomic E-state index is 9.42. The van der Waals surface area contributed by atoms with E-state index in [1.54, 1.807) is 6.92 Å². The van der Waals surface area contributed by atoms with Crippen LogP contribution < -0.4 is 5.73 Å². The van der Waals surface area contributed by atoms with Gasteiger partial charge in [-0.3, -0.25) is 4.90 Å². The van der Waals surface area contributed by atoms with E-state index >= 15 is 0 Å². The van der Waals surface area contributed by atoms with Crippen LogP contribution >= 0.6 is 0 Å². The maximum Gasteiger partial charge on any atom is 0.0866 e. The van der Waals surface area contributed by atoms with Crippen molar-refractivity contribution < 1.29 is 5.11 Å². The Hall–Kier alpha value is -0.630. The Bertz CT molecular complexity index is 200. The molecule has 0 aromatic carbocycles. The van der Waals surface area contributed by atoms with E-state index in [-0.39, 0.29) is 18.1 Å². The van der Waals surface area contributed by atoms with Crippen molar-refractivity contribution in [3.05, 3.63) is 0 Å². The number of hydrogen-bond acceptors (Lipinski definition) is 4. The molecule has 4 nitrogen and oxygen atoms in total. The first-order valence-electron chi connectivity index (χ1n) is 4.66. The van der Waals surface area contributed by atoms with Crippen molar-refractivity contribution in [1.29, 1.82) is 5.26 Å². The van der Waals surface area contributed by atoms with E-state index in [2.05, 4.69) is 6.07 Å². The molecule has 0 radical (unpaired) electrons. The second-order valence-corrected chi connectivity index (χ2v) is 3.85. The molecule has 0 bridgehead atoms. The van der Waals surface area contributed by atoms with Crippen LogP contribution in [0.5, 0.6) is 0 Å². The van der Waals surface area contributed by atoms with Gasteiger partial charge in [-0.15, -0.1) is 0 Å². The van der Waals surface area contributed by atoms with Gasteiger partial charge in [0.25, 0.3) is 0 Å². The third-order valence-electron chi connectivity index (χ3n) is 2.57. The van der Waals surface area contributed by atoms with Crippen molar-refractivity contribution >= 4 is 0 Å². The van der Waals surface area contributed by atoms with Crippen molar-refractivity contribution in [1.82, 2.24) is 4.90 Å². The highest BCUT2D eigenvalue weighted by molar-refractivity contribution is 4.87. The minimum atomic E-state index is -0.326. The molecular formula is C9H17N3O. The summed E-state index contributed by atoms with van der Waals surface area (Å²) in [5.41, 5.74) is 5.82. The quantitative estimate of drug-likeness (QED) is 0.568. The van der Waals surface area contributed by atoms with E-state index in [1.165, 1.54) is 0 Å². The number of nitriles is 1. The van der Waals surface area contributed by atoms with Gasteiger partial charge in [-0.25, -0.2) is 0 Å². The number of piperidine rings is 1. The van der Waals surface area contributed by atoms with Gasteiger partial charge in [-0.2, -0.15) is 5.26 Å². The van der Waals surface area contributed by atoms with Crippen molar-refractivity contribution in [2.45, 2.75) is 25.5 Å². The van der Waals surface area contributed by atoms with Crippen LogP contribution in [0.25, 0.3) is 0 Å². The van der Waals surface area contributed by atoms with Crippen LogP contribution in [-0.4, -0.2) is 41.8 Å². The molecule has 1 rings (SSSR count). The lowest BCUT2D eigenvalue weighted by atomic mass is 9.91. The molecule has 0 spiro atoms. The Morgan fingerprint density at radius 2 is 2.38 bits per heavy atom. The first-order valence-corrected chi connectivity index (χ1v) is 4.66. The fourth-order valence-corrected chi connectivity index (χ4v) is 1.85. The van der Waals surface area contributed by atoms with Crippen LogP contribution in [0.4, 0.5) is 0 Å². The van der Waals surface area contributed by atoms with Crippen LogP contribution in [0.2, 0.25) is 0 Å². The first kappa shape index (κ1) is 10.5. The number of hydrogen-bond donors (Lipinski definition) is 2. The van der Waals surface area contributed by atoms with Crippen molar-refractivity contribution in [2.75, 3.05) is 19.6 Å². The Labute approximate surface area is 78.9 Å². The highest BCUT2D eigenvalue weighted by atomic mass is 16.3. The van der Waals surface area contributed by atoms with Gasteiger partial charge < -0.3 is 10.8 Å². The Balaban J connectivity index is 2.48.